The second-order valence-corrected chi connectivity index (χ2v) is 16.4. The van der Waals surface area contributed by atoms with E-state index in [1.807, 2.05) is 6.07 Å². The van der Waals surface area contributed by atoms with Crippen LogP contribution in [0.5, 0.6) is 0 Å². The van der Waals surface area contributed by atoms with E-state index in [4.69, 9.17) is 15.0 Å². The molecule has 0 amide bonds. The SMILES string of the molecule is CC1(C)c2cc(-c3ccccc3)ccc2-c2cc3c(-c4cccc(-c5nc(-c6ccccc6)cc(-c6cccc(-c7ccccc7)c6)n5)c4)cc(-c4ccccc4)nc3cc21. The van der Waals surface area contributed by atoms with E-state index in [1.165, 1.54) is 38.9 Å². The molecule has 1 aliphatic rings. The number of hydrogen-bond donors (Lipinski definition) is 0. The summed E-state index contributed by atoms with van der Waals surface area (Å²) in [6, 6.07) is 75.4. The maximum atomic E-state index is 5.38. The second-order valence-electron chi connectivity index (χ2n) is 16.4. The van der Waals surface area contributed by atoms with Gasteiger partial charge in [-0.15, -0.1) is 0 Å². The van der Waals surface area contributed by atoms with E-state index in [0.29, 0.717) is 5.82 Å². The van der Waals surface area contributed by atoms with Crippen LogP contribution in [-0.2, 0) is 5.41 Å². The molecule has 3 heteroatoms. The highest BCUT2D eigenvalue weighted by molar-refractivity contribution is 6.02. The zero-order valence-corrected chi connectivity index (χ0v) is 34.0. The maximum absolute atomic E-state index is 5.38. The van der Waals surface area contributed by atoms with Crippen LogP contribution < -0.4 is 0 Å². The first-order valence-electron chi connectivity index (χ1n) is 20.9. The molecule has 288 valence electrons. The third kappa shape index (κ3) is 6.61. The maximum Gasteiger partial charge on any atom is 0.160 e. The van der Waals surface area contributed by atoms with Crippen molar-refractivity contribution in [3.05, 3.63) is 223 Å². The van der Waals surface area contributed by atoms with Crippen LogP contribution in [0, 0.1) is 0 Å². The Morgan fingerprint density at radius 3 is 1.41 bits per heavy atom. The number of pyridine rings is 1. The van der Waals surface area contributed by atoms with Crippen LogP contribution in [0.25, 0.3) is 101 Å². The van der Waals surface area contributed by atoms with Gasteiger partial charge in [0.1, 0.15) is 0 Å². The van der Waals surface area contributed by atoms with E-state index in [-0.39, 0.29) is 5.41 Å². The predicted molar refractivity (Wildman–Crippen MR) is 253 cm³/mol. The summed E-state index contributed by atoms with van der Waals surface area (Å²) in [5.41, 5.74) is 19.8. The Balaban J connectivity index is 1.08. The van der Waals surface area contributed by atoms with Crippen LogP contribution in [0.1, 0.15) is 25.0 Å². The van der Waals surface area contributed by atoms with Crippen molar-refractivity contribution in [2.24, 2.45) is 0 Å². The van der Waals surface area contributed by atoms with E-state index >= 15 is 0 Å². The highest BCUT2D eigenvalue weighted by atomic mass is 14.9. The van der Waals surface area contributed by atoms with Gasteiger partial charge in [0.25, 0.3) is 0 Å². The van der Waals surface area contributed by atoms with Gasteiger partial charge in [0.15, 0.2) is 5.82 Å². The fourth-order valence-electron chi connectivity index (χ4n) is 9.06. The fraction of sp³-hybridized carbons (Fsp3) is 0.0517. The summed E-state index contributed by atoms with van der Waals surface area (Å²) >= 11 is 0. The van der Waals surface area contributed by atoms with Crippen molar-refractivity contribution >= 4 is 10.9 Å². The Hall–Kier alpha value is -7.75. The molecule has 0 saturated carbocycles. The summed E-state index contributed by atoms with van der Waals surface area (Å²) in [5, 5.41) is 1.11. The third-order valence-electron chi connectivity index (χ3n) is 12.3. The average molecular weight is 780 g/mol. The number of rotatable bonds is 7. The van der Waals surface area contributed by atoms with Gasteiger partial charge >= 0.3 is 0 Å². The van der Waals surface area contributed by atoms with Crippen LogP contribution >= 0.6 is 0 Å². The van der Waals surface area contributed by atoms with Gasteiger partial charge in [0.05, 0.1) is 22.6 Å². The summed E-state index contributed by atoms with van der Waals surface area (Å²) in [6.45, 7) is 4.69. The minimum atomic E-state index is -0.201. The number of benzene rings is 8. The summed E-state index contributed by atoms with van der Waals surface area (Å²) in [4.78, 5) is 15.9. The van der Waals surface area contributed by atoms with Crippen molar-refractivity contribution in [2.45, 2.75) is 19.3 Å². The molecule has 0 atom stereocenters. The van der Waals surface area contributed by atoms with E-state index in [1.54, 1.807) is 0 Å². The monoisotopic (exact) mass is 779 g/mol. The lowest BCUT2D eigenvalue weighted by Gasteiger charge is -2.22. The average Bonchev–Trinajstić information content (AvgIpc) is 3.55. The molecule has 11 rings (SSSR count). The number of aromatic nitrogens is 3. The van der Waals surface area contributed by atoms with Crippen molar-refractivity contribution in [1.82, 2.24) is 15.0 Å². The fourth-order valence-corrected chi connectivity index (χ4v) is 9.06. The van der Waals surface area contributed by atoms with Crippen LogP contribution in [0.2, 0.25) is 0 Å². The van der Waals surface area contributed by atoms with Gasteiger partial charge in [0, 0.05) is 33.1 Å². The van der Waals surface area contributed by atoms with Crippen molar-refractivity contribution < 1.29 is 0 Å². The summed E-state index contributed by atoms with van der Waals surface area (Å²) in [6.07, 6.45) is 0. The lowest BCUT2D eigenvalue weighted by molar-refractivity contribution is 0.661. The van der Waals surface area contributed by atoms with Crippen molar-refractivity contribution in [3.8, 4) is 89.7 Å². The molecule has 2 aromatic heterocycles. The lowest BCUT2D eigenvalue weighted by Crippen LogP contribution is -2.15. The highest BCUT2D eigenvalue weighted by Gasteiger charge is 2.36. The van der Waals surface area contributed by atoms with E-state index in [2.05, 4.69) is 220 Å². The highest BCUT2D eigenvalue weighted by Crippen LogP contribution is 2.51. The van der Waals surface area contributed by atoms with E-state index in [9.17, 15) is 0 Å². The molecule has 0 aliphatic heterocycles. The minimum absolute atomic E-state index is 0.201. The molecular weight excluding hydrogens is 739 g/mol. The number of hydrogen-bond acceptors (Lipinski definition) is 3. The first kappa shape index (κ1) is 36.3. The van der Waals surface area contributed by atoms with Gasteiger partial charge < -0.3 is 0 Å². The van der Waals surface area contributed by atoms with Crippen LogP contribution in [0.15, 0.2) is 212 Å². The zero-order chi connectivity index (χ0) is 40.9. The van der Waals surface area contributed by atoms with Gasteiger partial charge in [-0.05, 0) is 98.1 Å². The molecule has 8 aromatic carbocycles. The van der Waals surface area contributed by atoms with Gasteiger partial charge in [-0.2, -0.15) is 0 Å². The molecule has 0 unspecified atom stereocenters. The molecule has 0 spiro atoms. The smallest absolute Gasteiger partial charge is 0.160 e. The molecule has 3 nitrogen and oxygen atoms in total. The standard InChI is InChI=1S/C58H41N3/c1-58(2)51-33-43(39-19-9-4-10-20-39)29-30-47(51)49-34-50-48(35-53(40-21-11-5-12-22-40)59-56(50)36-52(49)58)44-26-16-28-46(32-44)57-60-54(41-23-13-6-14-24-41)37-55(61-57)45-27-15-25-42(31-45)38-17-7-3-8-18-38/h3-37H,1-2H3. The van der Waals surface area contributed by atoms with Gasteiger partial charge in [-0.25, -0.2) is 15.0 Å². The molecule has 0 radical (unpaired) electrons. The van der Waals surface area contributed by atoms with E-state index < -0.39 is 0 Å². The molecule has 0 N–H and O–H groups in total. The van der Waals surface area contributed by atoms with Crippen LogP contribution in [0.3, 0.4) is 0 Å². The summed E-state index contributed by atoms with van der Waals surface area (Å²) < 4.78 is 0. The Morgan fingerprint density at radius 2 is 0.770 bits per heavy atom. The predicted octanol–water partition coefficient (Wildman–Crippen LogP) is 15.0. The first-order valence-corrected chi connectivity index (χ1v) is 20.9. The Kier molecular flexibility index (Phi) is 8.82. The van der Waals surface area contributed by atoms with Crippen molar-refractivity contribution in [2.75, 3.05) is 0 Å². The summed E-state index contributed by atoms with van der Waals surface area (Å²) in [7, 11) is 0. The largest absolute Gasteiger partial charge is 0.248 e. The molecule has 2 heterocycles. The van der Waals surface area contributed by atoms with Gasteiger partial charge in [0.2, 0.25) is 0 Å². The van der Waals surface area contributed by atoms with Gasteiger partial charge in [-0.1, -0.05) is 184 Å². The quantitative estimate of drug-likeness (QED) is 0.162. The molecule has 10 aromatic rings. The van der Waals surface area contributed by atoms with Crippen LogP contribution in [-0.4, -0.2) is 15.0 Å². The van der Waals surface area contributed by atoms with Crippen molar-refractivity contribution in [1.29, 1.82) is 0 Å². The summed E-state index contributed by atoms with van der Waals surface area (Å²) in [5.74, 6) is 0.677. The Bertz CT molecular complexity index is 3250. The molecular formula is C58H41N3. The molecule has 0 saturated heterocycles. The van der Waals surface area contributed by atoms with Gasteiger partial charge in [-0.3, -0.25) is 0 Å². The second kappa shape index (κ2) is 14.8. The number of nitrogens with zero attached hydrogens (tertiary/aromatic N) is 3. The van der Waals surface area contributed by atoms with Crippen molar-refractivity contribution in [3.63, 3.8) is 0 Å². The molecule has 0 bridgehead atoms. The molecule has 61 heavy (non-hydrogen) atoms. The third-order valence-corrected chi connectivity index (χ3v) is 12.3. The lowest BCUT2D eigenvalue weighted by atomic mass is 9.81. The van der Waals surface area contributed by atoms with E-state index in [0.717, 1.165) is 66.9 Å². The topological polar surface area (TPSA) is 38.7 Å². The normalized spacial score (nSPS) is 12.6. The number of fused-ring (bicyclic) bond motifs is 4. The zero-order valence-electron chi connectivity index (χ0n) is 34.0. The molecule has 1 aliphatic carbocycles. The molecule has 0 fully saturated rings. The Labute approximate surface area is 356 Å². The van der Waals surface area contributed by atoms with Crippen LogP contribution in [0.4, 0.5) is 0 Å². The first-order chi connectivity index (χ1) is 30.0. The minimum Gasteiger partial charge on any atom is -0.248 e. The Morgan fingerprint density at radius 1 is 0.295 bits per heavy atom.